The van der Waals surface area contributed by atoms with Crippen LogP contribution in [0.2, 0.25) is 0 Å². The predicted molar refractivity (Wildman–Crippen MR) is 151 cm³/mol. The van der Waals surface area contributed by atoms with Gasteiger partial charge in [-0.15, -0.1) is 0 Å². The average molecular weight is 533 g/mol. The van der Waals surface area contributed by atoms with E-state index in [-0.39, 0.29) is 23.8 Å². The first-order valence-electron chi connectivity index (χ1n) is 14.4. The van der Waals surface area contributed by atoms with E-state index in [2.05, 4.69) is 16.4 Å². The molecule has 1 saturated heterocycles. The standard InChI is InChI=1S/C31H37FN4O3/c1-2-33-12-14-34(15-13-33)28(37)20-35-16-17-36-27-18-22(31(38)39)8-10-24(27)29(21-6-4-3-5-7-21)30(36)25-11-9-23(32)19-26(25)35/h8-11,18-19,21H,2-7,12-17,20H2,1H3,(H,38,39). The number of hydrogen-bond donors (Lipinski definition) is 1. The minimum absolute atomic E-state index is 0.0677. The second-order valence-electron chi connectivity index (χ2n) is 11.2. The maximum absolute atomic E-state index is 14.8. The van der Waals surface area contributed by atoms with Crippen molar-refractivity contribution in [2.45, 2.75) is 51.5 Å². The summed E-state index contributed by atoms with van der Waals surface area (Å²) >= 11 is 0. The van der Waals surface area contributed by atoms with E-state index in [0.29, 0.717) is 32.1 Å². The van der Waals surface area contributed by atoms with Crippen LogP contribution in [0.15, 0.2) is 36.4 Å². The molecule has 0 spiro atoms. The lowest BCUT2D eigenvalue weighted by Gasteiger charge is -2.35. The maximum Gasteiger partial charge on any atom is 0.335 e. The number of aromatic nitrogens is 1. The molecule has 3 heterocycles. The molecule has 3 aromatic rings. The summed E-state index contributed by atoms with van der Waals surface area (Å²) in [5, 5.41) is 10.8. The summed E-state index contributed by atoms with van der Waals surface area (Å²) in [7, 11) is 0. The molecule has 1 saturated carbocycles. The number of carbonyl (C=O) groups is 2. The van der Waals surface area contributed by atoms with Gasteiger partial charge in [0, 0.05) is 61.4 Å². The lowest BCUT2D eigenvalue weighted by molar-refractivity contribution is -0.131. The molecule has 0 radical (unpaired) electrons. The SMILES string of the molecule is CCN1CCN(C(=O)CN2CCn3c(c(C4CCCCC4)c4ccc(C(=O)O)cc43)-c3ccc(F)cc32)CC1. The number of fused-ring (bicyclic) bond motifs is 5. The fourth-order valence-electron chi connectivity index (χ4n) is 6.89. The molecule has 1 aliphatic carbocycles. The molecule has 3 aliphatic rings. The van der Waals surface area contributed by atoms with E-state index in [0.717, 1.165) is 60.3 Å². The van der Waals surface area contributed by atoms with Gasteiger partial charge in [-0.2, -0.15) is 0 Å². The highest BCUT2D eigenvalue weighted by molar-refractivity contribution is 6.00. The van der Waals surface area contributed by atoms with Crippen LogP contribution in [-0.4, -0.2) is 77.2 Å². The molecule has 6 rings (SSSR count). The number of halogens is 1. The minimum Gasteiger partial charge on any atom is -0.478 e. The van der Waals surface area contributed by atoms with E-state index in [1.54, 1.807) is 18.2 Å². The van der Waals surface area contributed by atoms with Crippen molar-refractivity contribution >= 4 is 28.5 Å². The smallest absolute Gasteiger partial charge is 0.335 e. The number of benzene rings is 2. The van der Waals surface area contributed by atoms with Crippen LogP contribution in [0, 0.1) is 5.82 Å². The van der Waals surface area contributed by atoms with Gasteiger partial charge in [-0.05, 0) is 61.2 Å². The van der Waals surface area contributed by atoms with E-state index < -0.39 is 5.97 Å². The monoisotopic (exact) mass is 532 g/mol. The number of hydrogen-bond acceptors (Lipinski definition) is 4. The molecule has 39 heavy (non-hydrogen) atoms. The van der Waals surface area contributed by atoms with Gasteiger partial charge in [0.05, 0.1) is 17.8 Å². The molecule has 2 aromatic carbocycles. The van der Waals surface area contributed by atoms with Gasteiger partial charge in [0.15, 0.2) is 0 Å². The number of anilines is 1. The lowest BCUT2D eigenvalue weighted by atomic mass is 9.81. The molecule has 1 N–H and O–H groups in total. The molecule has 2 aliphatic heterocycles. The highest BCUT2D eigenvalue weighted by Gasteiger charge is 2.32. The molecule has 7 nitrogen and oxygen atoms in total. The second kappa shape index (κ2) is 10.6. The summed E-state index contributed by atoms with van der Waals surface area (Å²) in [6.45, 7) is 7.63. The number of piperazine rings is 1. The van der Waals surface area contributed by atoms with Gasteiger partial charge in [0.2, 0.25) is 5.91 Å². The van der Waals surface area contributed by atoms with Crippen molar-refractivity contribution in [3.63, 3.8) is 0 Å². The summed E-state index contributed by atoms with van der Waals surface area (Å²) in [5.74, 6) is -0.829. The molecule has 0 bridgehead atoms. The zero-order chi connectivity index (χ0) is 27.1. The van der Waals surface area contributed by atoms with E-state index in [4.69, 9.17) is 0 Å². The molecule has 8 heteroatoms. The van der Waals surface area contributed by atoms with Crippen LogP contribution in [0.3, 0.4) is 0 Å². The zero-order valence-electron chi connectivity index (χ0n) is 22.7. The lowest BCUT2D eigenvalue weighted by Crippen LogP contribution is -2.51. The summed E-state index contributed by atoms with van der Waals surface area (Å²) in [6.07, 6.45) is 5.76. The van der Waals surface area contributed by atoms with E-state index in [9.17, 15) is 19.1 Å². The largest absolute Gasteiger partial charge is 0.478 e. The molecule has 0 unspecified atom stereocenters. The van der Waals surface area contributed by atoms with Crippen LogP contribution < -0.4 is 4.90 Å². The number of rotatable bonds is 5. The van der Waals surface area contributed by atoms with Crippen LogP contribution in [0.1, 0.15) is 60.9 Å². The Kier molecular flexibility index (Phi) is 7.06. The highest BCUT2D eigenvalue weighted by atomic mass is 19.1. The second-order valence-corrected chi connectivity index (χ2v) is 11.2. The third-order valence-corrected chi connectivity index (χ3v) is 9.01. The van der Waals surface area contributed by atoms with E-state index >= 15 is 0 Å². The Morgan fingerprint density at radius 3 is 2.44 bits per heavy atom. The van der Waals surface area contributed by atoms with Crippen LogP contribution in [0.5, 0.6) is 0 Å². The Morgan fingerprint density at radius 2 is 1.72 bits per heavy atom. The van der Waals surface area contributed by atoms with Crippen molar-refractivity contribution < 1.29 is 19.1 Å². The fourth-order valence-corrected chi connectivity index (χ4v) is 6.89. The Bertz CT molecular complexity index is 1400. The Hall–Kier alpha value is -3.39. The minimum atomic E-state index is -0.946. The summed E-state index contributed by atoms with van der Waals surface area (Å²) in [6, 6.07) is 10.4. The molecule has 206 valence electrons. The number of likely N-dealkylation sites (N-methyl/N-ethyl adjacent to an activating group) is 1. The van der Waals surface area contributed by atoms with Crippen LogP contribution in [-0.2, 0) is 11.3 Å². The third-order valence-electron chi connectivity index (χ3n) is 9.01. The molecule has 2 fully saturated rings. The summed E-state index contributed by atoms with van der Waals surface area (Å²) in [5.41, 5.74) is 5.14. The fraction of sp³-hybridized carbons (Fsp3) is 0.484. The van der Waals surface area contributed by atoms with Gasteiger partial charge in [-0.25, -0.2) is 9.18 Å². The number of carboxylic acid groups (broad SMARTS) is 1. The molecule has 1 aromatic heterocycles. The molecular formula is C31H37FN4O3. The van der Waals surface area contributed by atoms with Crippen molar-refractivity contribution in [3.8, 4) is 11.3 Å². The van der Waals surface area contributed by atoms with Gasteiger partial charge >= 0.3 is 5.97 Å². The van der Waals surface area contributed by atoms with E-state index in [1.165, 1.54) is 30.9 Å². The van der Waals surface area contributed by atoms with Crippen molar-refractivity contribution in [2.24, 2.45) is 0 Å². The van der Waals surface area contributed by atoms with Gasteiger partial charge in [0.1, 0.15) is 5.82 Å². The number of aromatic carboxylic acids is 1. The first kappa shape index (κ1) is 25.9. The zero-order valence-corrected chi connectivity index (χ0v) is 22.7. The van der Waals surface area contributed by atoms with Crippen LogP contribution in [0.25, 0.3) is 22.2 Å². The van der Waals surface area contributed by atoms with Gasteiger partial charge in [-0.3, -0.25) is 4.79 Å². The summed E-state index contributed by atoms with van der Waals surface area (Å²) in [4.78, 5) is 31.6. The average Bonchev–Trinajstić information content (AvgIpc) is 3.20. The van der Waals surface area contributed by atoms with E-state index in [1.807, 2.05) is 21.9 Å². The Labute approximate surface area is 228 Å². The third kappa shape index (κ3) is 4.80. The molecule has 1 amide bonds. The normalized spacial score (nSPS) is 18.6. The topological polar surface area (TPSA) is 69.0 Å². The van der Waals surface area contributed by atoms with Crippen molar-refractivity contribution in [1.82, 2.24) is 14.4 Å². The first-order chi connectivity index (χ1) is 18.9. The van der Waals surface area contributed by atoms with Gasteiger partial charge in [0.25, 0.3) is 0 Å². The number of carbonyl (C=O) groups excluding carboxylic acids is 1. The predicted octanol–water partition coefficient (Wildman–Crippen LogP) is 5.18. The number of nitrogens with zero attached hydrogens (tertiary/aromatic N) is 4. The van der Waals surface area contributed by atoms with Crippen molar-refractivity contribution in [3.05, 3.63) is 53.3 Å². The van der Waals surface area contributed by atoms with Gasteiger partial charge in [-0.1, -0.05) is 32.3 Å². The molecular weight excluding hydrogens is 495 g/mol. The van der Waals surface area contributed by atoms with Crippen LogP contribution in [0.4, 0.5) is 10.1 Å². The number of carboxylic acids is 1. The number of amides is 1. The quantitative estimate of drug-likeness (QED) is 0.491. The Morgan fingerprint density at radius 1 is 0.949 bits per heavy atom. The summed E-state index contributed by atoms with van der Waals surface area (Å²) < 4.78 is 17.0. The molecule has 0 atom stereocenters. The highest BCUT2D eigenvalue weighted by Crippen LogP contribution is 2.47. The Balaban J connectivity index is 1.44. The van der Waals surface area contributed by atoms with Crippen molar-refractivity contribution in [1.29, 1.82) is 0 Å². The van der Waals surface area contributed by atoms with Crippen LogP contribution >= 0.6 is 0 Å². The maximum atomic E-state index is 14.8. The first-order valence-corrected chi connectivity index (χ1v) is 14.4. The van der Waals surface area contributed by atoms with Gasteiger partial charge < -0.3 is 24.4 Å². The van der Waals surface area contributed by atoms with Crippen molar-refractivity contribution in [2.75, 3.05) is 50.7 Å².